The molecule has 0 fully saturated rings. The van der Waals surface area contributed by atoms with Crippen molar-refractivity contribution in [2.24, 2.45) is 0 Å². The molecule has 1 atom stereocenters. The Hall–Kier alpha value is -4.07. The van der Waals surface area contributed by atoms with Gasteiger partial charge in [-0.1, -0.05) is 24.3 Å². The van der Waals surface area contributed by atoms with Crippen molar-refractivity contribution in [2.75, 3.05) is 10.2 Å². The average Bonchev–Trinajstić information content (AvgIpc) is 3.27. The van der Waals surface area contributed by atoms with Crippen molar-refractivity contribution in [2.45, 2.75) is 25.9 Å². The smallest absolute Gasteiger partial charge is 0.253 e. The van der Waals surface area contributed by atoms with Gasteiger partial charge in [0.05, 0.1) is 35.4 Å². The summed E-state index contributed by atoms with van der Waals surface area (Å²) >= 11 is 0. The summed E-state index contributed by atoms with van der Waals surface area (Å²) in [5.74, 6) is -0.735. The van der Waals surface area contributed by atoms with Crippen LogP contribution in [0.15, 0.2) is 66.9 Å². The van der Waals surface area contributed by atoms with Crippen LogP contribution in [0.1, 0.15) is 23.7 Å². The summed E-state index contributed by atoms with van der Waals surface area (Å²) in [6, 6.07) is 16.8. The van der Waals surface area contributed by atoms with E-state index >= 15 is 0 Å². The Morgan fingerprint density at radius 3 is 2.72 bits per heavy atom. The molecule has 1 N–H and O–H groups in total. The fourth-order valence-electron chi connectivity index (χ4n) is 4.00. The number of amides is 2. The monoisotopic (exact) mass is 429 g/mol. The second-order valence-corrected chi connectivity index (χ2v) is 7.77. The van der Waals surface area contributed by atoms with Crippen molar-refractivity contribution >= 4 is 34.5 Å². The number of hydrogen-bond donors (Lipinski definition) is 1. The van der Waals surface area contributed by atoms with Crippen LogP contribution in [0, 0.1) is 12.7 Å². The highest BCUT2D eigenvalue weighted by atomic mass is 19.1. The molecule has 0 saturated heterocycles. The van der Waals surface area contributed by atoms with E-state index in [0.717, 1.165) is 16.6 Å². The third-order valence-electron chi connectivity index (χ3n) is 5.51. The zero-order valence-corrected chi connectivity index (χ0v) is 17.3. The molecule has 4 aromatic rings. The molecule has 0 radical (unpaired) electrons. The van der Waals surface area contributed by atoms with Gasteiger partial charge in [0.15, 0.2) is 0 Å². The predicted octanol–water partition coefficient (Wildman–Crippen LogP) is 4.00. The zero-order valence-electron chi connectivity index (χ0n) is 17.3. The number of nitrogens with zero attached hydrogens (tertiary/aromatic N) is 4. The lowest BCUT2D eigenvalue weighted by Crippen LogP contribution is -2.31. The maximum Gasteiger partial charge on any atom is 0.253 e. The number of anilines is 2. The number of para-hydroxylation sites is 2. The molecule has 0 unspecified atom stereocenters. The molecule has 0 saturated carbocycles. The second-order valence-electron chi connectivity index (χ2n) is 7.77. The Kier molecular flexibility index (Phi) is 4.89. The van der Waals surface area contributed by atoms with Gasteiger partial charge in [0.25, 0.3) is 5.91 Å². The fourth-order valence-corrected chi connectivity index (χ4v) is 4.00. The molecule has 0 aliphatic carbocycles. The summed E-state index contributed by atoms with van der Waals surface area (Å²) < 4.78 is 16.0. The average molecular weight is 429 g/mol. The number of rotatable bonds is 5. The minimum atomic E-state index is -0.783. The molecule has 2 aromatic carbocycles. The third kappa shape index (κ3) is 3.49. The van der Waals surface area contributed by atoms with E-state index in [-0.39, 0.29) is 24.6 Å². The SMILES string of the molecule is Cc1ccc(NC(=O)C[C@H]2C(=O)N(Cc3ccccn3)c3nc4ccccc4n32)c(F)c1. The minimum Gasteiger partial charge on any atom is -0.324 e. The van der Waals surface area contributed by atoms with Crippen LogP contribution in [0.5, 0.6) is 0 Å². The van der Waals surface area contributed by atoms with Crippen LogP contribution < -0.4 is 10.2 Å². The van der Waals surface area contributed by atoms with Gasteiger partial charge in [-0.25, -0.2) is 9.37 Å². The number of carbonyl (C=O) groups excluding carboxylic acids is 2. The van der Waals surface area contributed by atoms with Crippen LogP contribution in [0.3, 0.4) is 0 Å². The van der Waals surface area contributed by atoms with Crippen molar-refractivity contribution in [3.05, 3.63) is 83.9 Å². The van der Waals surface area contributed by atoms with Gasteiger partial charge in [0, 0.05) is 6.20 Å². The van der Waals surface area contributed by atoms with Crippen LogP contribution in [-0.2, 0) is 16.1 Å². The van der Waals surface area contributed by atoms with Crippen LogP contribution in [0.4, 0.5) is 16.0 Å². The normalized spacial score (nSPS) is 15.2. The van der Waals surface area contributed by atoms with Gasteiger partial charge in [-0.05, 0) is 48.9 Å². The number of imidazole rings is 1. The number of hydrogen-bond acceptors (Lipinski definition) is 4. The van der Waals surface area contributed by atoms with E-state index in [0.29, 0.717) is 11.6 Å². The van der Waals surface area contributed by atoms with Gasteiger partial charge in [0.2, 0.25) is 11.9 Å². The first-order chi connectivity index (χ1) is 15.5. The van der Waals surface area contributed by atoms with E-state index in [9.17, 15) is 14.0 Å². The number of aromatic nitrogens is 3. The fraction of sp³-hybridized carbons (Fsp3) is 0.167. The molecule has 1 aliphatic rings. The van der Waals surface area contributed by atoms with Crippen LogP contribution in [0.25, 0.3) is 11.0 Å². The van der Waals surface area contributed by atoms with Crippen molar-refractivity contribution < 1.29 is 14.0 Å². The highest BCUT2D eigenvalue weighted by Crippen LogP contribution is 2.37. The van der Waals surface area contributed by atoms with Crippen molar-refractivity contribution in [1.82, 2.24) is 14.5 Å². The summed E-state index contributed by atoms with van der Waals surface area (Å²) in [6.45, 7) is 2.02. The highest BCUT2D eigenvalue weighted by Gasteiger charge is 2.41. The van der Waals surface area contributed by atoms with Crippen molar-refractivity contribution in [3.8, 4) is 0 Å². The molecule has 7 nitrogen and oxygen atoms in total. The predicted molar refractivity (Wildman–Crippen MR) is 119 cm³/mol. The first kappa shape index (κ1) is 19.9. The molecule has 0 spiro atoms. The first-order valence-corrected chi connectivity index (χ1v) is 10.3. The van der Waals surface area contributed by atoms with Gasteiger partial charge < -0.3 is 5.32 Å². The minimum absolute atomic E-state index is 0.0899. The molecule has 160 valence electrons. The number of carbonyl (C=O) groups is 2. The van der Waals surface area contributed by atoms with Gasteiger partial charge in [-0.15, -0.1) is 0 Å². The van der Waals surface area contributed by atoms with E-state index in [1.165, 1.54) is 12.1 Å². The Labute approximate surface area is 183 Å². The maximum absolute atomic E-state index is 14.2. The van der Waals surface area contributed by atoms with Crippen LogP contribution in [0.2, 0.25) is 0 Å². The van der Waals surface area contributed by atoms with Crippen LogP contribution in [-0.4, -0.2) is 26.3 Å². The second kappa shape index (κ2) is 7.88. The first-order valence-electron chi connectivity index (χ1n) is 10.3. The number of fused-ring (bicyclic) bond motifs is 3. The summed E-state index contributed by atoms with van der Waals surface area (Å²) in [4.78, 5) is 36.6. The topological polar surface area (TPSA) is 80.1 Å². The Bertz CT molecular complexity index is 1330. The van der Waals surface area contributed by atoms with Crippen molar-refractivity contribution in [3.63, 3.8) is 0 Å². The molecule has 2 amide bonds. The van der Waals surface area contributed by atoms with E-state index in [1.54, 1.807) is 28.7 Å². The Morgan fingerprint density at radius 2 is 1.94 bits per heavy atom. The summed E-state index contributed by atoms with van der Waals surface area (Å²) in [6.07, 6.45) is 1.53. The van der Waals surface area contributed by atoms with Crippen LogP contribution >= 0.6 is 0 Å². The number of aryl methyl sites for hydroxylation is 1. The van der Waals surface area contributed by atoms with Crippen molar-refractivity contribution in [1.29, 1.82) is 0 Å². The quantitative estimate of drug-likeness (QED) is 0.520. The molecule has 0 bridgehead atoms. The molecule has 5 rings (SSSR count). The molecule has 32 heavy (non-hydrogen) atoms. The lowest BCUT2D eigenvalue weighted by atomic mass is 10.1. The lowest BCUT2D eigenvalue weighted by Gasteiger charge is -2.15. The molecular weight excluding hydrogens is 409 g/mol. The molecule has 1 aliphatic heterocycles. The number of halogens is 1. The van der Waals surface area contributed by atoms with E-state index < -0.39 is 17.8 Å². The van der Waals surface area contributed by atoms with E-state index in [1.807, 2.05) is 42.5 Å². The summed E-state index contributed by atoms with van der Waals surface area (Å²) in [7, 11) is 0. The lowest BCUT2D eigenvalue weighted by molar-refractivity contribution is -0.124. The van der Waals surface area contributed by atoms with E-state index in [2.05, 4.69) is 15.3 Å². The standard InChI is InChI=1S/C24H20FN5O2/c1-15-9-10-18(17(25)12-15)27-22(31)13-21-23(32)29(14-16-6-4-5-11-26-16)24-28-19-7-2-3-8-20(19)30(21)24/h2-12,21H,13-14H2,1H3,(H,27,31)/t21-/m0/s1. The molecular formula is C24H20FN5O2. The highest BCUT2D eigenvalue weighted by molar-refractivity contribution is 6.05. The van der Waals surface area contributed by atoms with Gasteiger partial charge in [-0.2, -0.15) is 0 Å². The number of benzene rings is 2. The largest absolute Gasteiger partial charge is 0.324 e. The van der Waals surface area contributed by atoms with Gasteiger partial charge in [-0.3, -0.25) is 24.0 Å². The third-order valence-corrected chi connectivity index (χ3v) is 5.51. The Balaban J connectivity index is 1.47. The number of pyridine rings is 1. The molecule has 3 heterocycles. The van der Waals surface area contributed by atoms with Gasteiger partial charge in [0.1, 0.15) is 11.9 Å². The Morgan fingerprint density at radius 1 is 1.12 bits per heavy atom. The van der Waals surface area contributed by atoms with E-state index in [4.69, 9.17) is 0 Å². The zero-order chi connectivity index (χ0) is 22.2. The number of nitrogens with one attached hydrogen (secondary N) is 1. The molecule has 8 heteroatoms. The molecule has 2 aromatic heterocycles. The maximum atomic E-state index is 14.2. The summed E-state index contributed by atoms with van der Waals surface area (Å²) in [5, 5.41) is 2.59. The van der Waals surface area contributed by atoms with Gasteiger partial charge >= 0.3 is 0 Å². The summed E-state index contributed by atoms with van der Waals surface area (Å²) in [5.41, 5.74) is 3.05.